The third-order valence-corrected chi connectivity index (χ3v) is 4.62. The molecule has 2 aromatic rings. The Labute approximate surface area is 119 Å². The van der Waals surface area contributed by atoms with Crippen LogP contribution in [0.3, 0.4) is 0 Å². The fourth-order valence-corrected chi connectivity index (χ4v) is 3.01. The summed E-state index contributed by atoms with van der Waals surface area (Å²) in [5, 5.41) is 3.79. The number of nitrogens with two attached hydrogens (primary N) is 1. The quantitative estimate of drug-likeness (QED) is 0.853. The molecule has 0 bridgehead atoms. The van der Waals surface area contributed by atoms with Gasteiger partial charge >= 0.3 is 0 Å². The largest absolute Gasteiger partial charge is 0.324 e. The maximum atomic E-state index is 6.12. The van der Waals surface area contributed by atoms with Crippen molar-refractivity contribution in [2.45, 2.75) is 12.5 Å². The van der Waals surface area contributed by atoms with Crippen molar-refractivity contribution in [3.8, 4) is 0 Å². The maximum absolute atomic E-state index is 6.12. The topological polar surface area (TPSA) is 26.0 Å². The van der Waals surface area contributed by atoms with E-state index in [2.05, 4.69) is 0 Å². The number of rotatable bonds is 3. The second-order valence-electron chi connectivity index (χ2n) is 3.68. The van der Waals surface area contributed by atoms with Crippen molar-refractivity contribution in [2.24, 2.45) is 5.73 Å². The highest BCUT2D eigenvalue weighted by Gasteiger charge is 2.12. The molecule has 0 saturated heterocycles. The van der Waals surface area contributed by atoms with Crippen LogP contribution in [-0.4, -0.2) is 0 Å². The van der Waals surface area contributed by atoms with Gasteiger partial charge in [0.25, 0.3) is 0 Å². The third kappa shape index (κ3) is 3.15. The molecule has 1 aromatic heterocycles. The van der Waals surface area contributed by atoms with Crippen molar-refractivity contribution in [1.29, 1.82) is 0 Å². The van der Waals surface area contributed by atoms with Gasteiger partial charge in [-0.05, 0) is 29.1 Å². The van der Waals surface area contributed by atoms with Crippen LogP contribution in [0.4, 0.5) is 0 Å². The van der Waals surface area contributed by atoms with Gasteiger partial charge < -0.3 is 5.73 Å². The van der Waals surface area contributed by atoms with E-state index in [1.165, 1.54) is 0 Å². The number of hydrogen-bond acceptors (Lipinski definition) is 2. The van der Waals surface area contributed by atoms with E-state index in [1.54, 1.807) is 23.5 Å². The zero-order valence-corrected chi connectivity index (χ0v) is 11.9. The molecule has 0 saturated carbocycles. The monoisotopic (exact) mass is 305 g/mol. The Bertz CT molecular complexity index is 524. The Morgan fingerprint density at radius 3 is 2.41 bits per heavy atom. The van der Waals surface area contributed by atoms with Gasteiger partial charge in [-0.3, -0.25) is 0 Å². The molecule has 1 unspecified atom stereocenters. The molecule has 5 heteroatoms. The molecule has 1 nitrogen and oxygen atoms in total. The molecule has 0 aliphatic carbocycles. The van der Waals surface area contributed by atoms with E-state index in [1.807, 2.05) is 17.5 Å². The Hall–Kier alpha value is -0.250. The molecule has 17 heavy (non-hydrogen) atoms. The van der Waals surface area contributed by atoms with Crippen molar-refractivity contribution < 1.29 is 0 Å². The first-order valence-electron chi connectivity index (χ1n) is 5.00. The highest BCUT2D eigenvalue weighted by atomic mass is 35.5. The molecule has 0 spiro atoms. The minimum Gasteiger partial charge on any atom is -0.324 e. The minimum absolute atomic E-state index is 0.124. The molecule has 0 fully saturated rings. The molecular weight excluding hydrogens is 297 g/mol. The summed E-state index contributed by atoms with van der Waals surface area (Å²) in [7, 11) is 0. The van der Waals surface area contributed by atoms with Gasteiger partial charge in [0.15, 0.2) is 0 Å². The van der Waals surface area contributed by atoms with Crippen molar-refractivity contribution in [3.05, 3.63) is 55.2 Å². The van der Waals surface area contributed by atoms with Gasteiger partial charge in [-0.1, -0.05) is 40.9 Å². The average molecular weight is 307 g/mol. The predicted octanol–water partition coefficient (Wildman–Crippen LogP) is 4.95. The van der Waals surface area contributed by atoms with E-state index in [4.69, 9.17) is 40.5 Å². The van der Waals surface area contributed by atoms with Crippen LogP contribution in [0.15, 0.2) is 29.6 Å². The van der Waals surface area contributed by atoms with Crippen LogP contribution in [0.2, 0.25) is 15.1 Å². The van der Waals surface area contributed by atoms with Gasteiger partial charge in [0, 0.05) is 17.3 Å². The van der Waals surface area contributed by atoms with Crippen LogP contribution < -0.4 is 5.73 Å². The highest BCUT2D eigenvalue weighted by Crippen LogP contribution is 2.29. The fraction of sp³-hybridized carbons (Fsp3) is 0.167. The zero-order chi connectivity index (χ0) is 12.4. The van der Waals surface area contributed by atoms with Gasteiger partial charge in [-0.25, -0.2) is 0 Å². The normalized spacial score (nSPS) is 12.7. The van der Waals surface area contributed by atoms with Crippen LogP contribution in [-0.2, 0) is 6.42 Å². The summed E-state index contributed by atoms with van der Waals surface area (Å²) in [6.45, 7) is 0. The van der Waals surface area contributed by atoms with E-state index in [9.17, 15) is 0 Å². The summed E-state index contributed by atoms with van der Waals surface area (Å²) >= 11 is 19.5. The summed E-state index contributed by atoms with van der Waals surface area (Å²) in [6, 6.07) is 7.20. The minimum atomic E-state index is -0.124. The fourth-order valence-electron chi connectivity index (χ4n) is 1.53. The molecular formula is C12H10Cl3NS. The van der Waals surface area contributed by atoms with E-state index < -0.39 is 0 Å². The predicted molar refractivity (Wildman–Crippen MR) is 76.4 cm³/mol. The van der Waals surface area contributed by atoms with Crippen LogP contribution in [0.1, 0.15) is 16.5 Å². The molecule has 0 amide bonds. The second kappa shape index (κ2) is 5.59. The van der Waals surface area contributed by atoms with Crippen LogP contribution in [0.5, 0.6) is 0 Å². The van der Waals surface area contributed by atoms with Crippen molar-refractivity contribution in [3.63, 3.8) is 0 Å². The first kappa shape index (κ1) is 13.2. The van der Waals surface area contributed by atoms with Crippen molar-refractivity contribution >= 4 is 46.1 Å². The SMILES string of the molecule is NC(Cc1sccc1Cl)c1ccc(Cl)c(Cl)c1. The lowest BCUT2D eigenvalue weighted by atomic mass is 10.0. The molecule has 0 aliphatic rings. The number of thiophene rings is 1. The molecule has 1 atom stereocenters. The first-order chi connectivity index (χ1) is 8.08. The van der Waals surface area contributed by atoms with Gasteiger partial charge in [0.2, 0.25) is 0 Å². The summed E-state index contributed by atoms with van der Waals surface area (Å²) in [5.74, 6) is 0. The van der Waals surface area contributed by atoms with E-state index in [-0.39, 0.29) is 6.04 Å². The molecule has 0 radical (unpaired) electrons. The Balaban J connectivity index is 2.17. The summed E-state index contributed by atoms with van der Waals surface area (Å²) in [6.07, 6.45) is 0.703. The lowest BCUT2D eigenvalue weighted by Crippen LogP contribution is -2.12. The van der Waals surface area contributed by atoms with Crippen LogP contribution in [0.25, 0.3) is 0 Å². The standard InChI is InChI=1S/C12H10Cl3NS/c13-8-2-1-7(5-10(8)15)11(16)6-12-9(14)3-4-17-12/h1-5,11H,6,16H2. The molecule has 90 valence electrons. The third-order valence-electron chi connectivity index (χ3n) is 2.47. The molecule has 2 N–H and O–H groups in total. The Morgan fingerprint density at radius 1 is 1.06 bits per heavy atom. The average Bonchev–Trinajstić information content (AvgIpc) is 2.68. The van der Waals surface area contributed by atoms with E-state index >= 15 is 0 Å². The molecule has 1 heterocycles. The number of halogens is 3. The van der Waals surface area contributed by atoms with Gasteiger partial charge in [-0.2, -0.15) is 0 Å². The number of benzene rings is 1. The highest BCUT2D eigenvalue weighted by molar-refractivity contribution is 7.10. The van der Waals surface area contributed by atoms with E-state index in [0.29, 0.717) is 16.5 Å². The van der Waals surface area contributed by atoms with Crippen LogP contribution in [0, 0.1) is 0 Å². The van der Waals surface area contributed by atoms with Gasteiger partial charge in [-0.15, -0.1) is 11.3 Å². The summed E-state index contributed by atoms with van der Waals surface area (Å²) in [4.78, 5) is 1.09. The van der Waals surface area contributed by atoms with E-state index in [0.717, 1.165) is 15.5 Å². The first-order valence-corrected chi connectivity index (χ1v) is 7.01. The van der Waals surface area contributed by atoms with Gasteiger partial charge in [0.1, 0.15) is 0 Å². The Morgan fingerprint density at radius 2 is 1.82 bits per heavy atom. The lowest BCUT2D eigenvalue weighted by Gasteiger charge is -2.12. The smallest absolute Gasteiger partial charge is 0.0595 e. The lowest BCUT2D eigenvalue weighted by molar-refractivity contribution is 0.730. The second-order valence-corrected chi connectivity index (χ2v) is 5.90. The molecule has 2 rings (SSSR count). The van der Waals surface area contributed by atoms with Crippen molar-refractivity contribution in [1.82, 2.24) is 0 Å². The molecule has 0 aliphatic heterocycles. The maximum Gasteiger partial charge on any atom is 0.0595 e. The molecule has 1 aromatic carbocycles. The summed E-state index contributed by atoms with van der Waals surface area (Å²) in [5.41, 5.74) is 7.08. The van der Waals surface area contributed by atoms with Crippen molar-refractivity contribution in [2.75, 3.05) is 0 Å². The number of hydrogen-bond donors (Lipinski definition) is 1. The zero-order valence-electron chi connectivity index (χ0n) is 8.79. The Kier molecular flexibility index (Phi) is 4.34. The summed E-state index contributed by atoms with van der Waals surface area (Å²) < 4.78 is 0. The van der Waals surface area contributed by atoms with Gasteiger partial charge in [0.05, 0.1) is 15.1 Å². The van der Waals surface area contributed by atoms with Crippen LogP contribution >= 0.6 is 46.1 Å².